The van der Waals surface area contributed by atoms with Crippen molar-refractivity contribution < 1.29 is 8.42 Å². The molecule has 1 rings (SSSR count). The maximum Gasteiger partial charge on any atom is 0.301 e. The average Bonchev–Trinajstić information content (AvgIpc) is 2.30. The molecular weight excluding hydrogens is 466 g/mol. The first-order valence-electron chi connectivity index (χ1n) is 5.36. The van der Waals surface area contributed by atoms with Crippen molar-refractivity contribution in [1.29, 1.82) is 0 Å². The first-order valence-corrected chi connectivity index (χ1v) is 9.18. The Morgan fingerprint density at radius 3 is 2.26 bits per heavy atom. The molecular formula is C10H14Br3N3O2S. The third-order valence-electron chi connectivity index (χ3n) is 2.33. The van der Waals surface area contributed by atoms with Gasteiger partial charge in [-0.3, -0.25) is 4.72 Å². The molecule has 0 bridgehead atoms. The van der Waals surface area contributed by atoms with Crippen LogP contribution in [0.1, 0.15) is 6.42 Å². The molecule has 0 saturated heterocycles. The number of hydrogen-bond donors (Lipinski definition) is 2. The number of rotatable bonds is 6. The van der Waals surface area contributed by atoms with E-state index in [-0.39, 0.29) is 0 Å². The van der Waals surface area contributed by atoms with E-state index >= 15 is 0 Å². The van der Waals surface area contributed by atoms with Gasteiger partial charge in [-0.05, 0) is 57.0 Å². The third kappa shape index (κ3) is 4.98. The van der Waals surface area contributed by atoms with Gasteiger partial charge < -0.3 is 5.73 Å². The molecule has 0 atom stereocenters. The highest BCUT2D eigenvalue weighted by Gasteiger charge is 2.20. The van der Waals surface area contributed by atoms with Gasteiger partial charge in [-0.1, -0.05) is 15.9 Å². The van der Waals surface area contributed by atoms with Crippen molar-refractivity contribution >= 4 is 63.7 Å². The number of nitrogens with two attached hydrogens (primary N) is 1. The number of nitrogens with one attached hydrogen (secondary N) is 1. The van der Waals surface area contributed by atoms with Crippen LogP contribution in [0.3, 0.4) is 0 Å². The number of benzene rings is 1. The second-order valence-electron chi connectivity index (χ2n) is 3.82. The van der Waals surface area contributed by atoms with E-state index in [1.807, 2.05) is 0 Å². The van der Waals surface area contributed by atoms with Gasteiger partial charge in [0.1, 0.15) is 0 Å². The van der Waals surface area contributed by atoms with E-state index < -0.39 is 10.2 Å². The van der Waals surface area contributed by atoms with Gasteiger partial charge in [0, 0.05) is 27.0 Å². The van der Waals surface area contributed by atoms with Crippen molar-refractivity contribution in [2.75, 3.05) is 24.9 Å². The minimum atomic E-state index is -3.59. The fourth-order valence-corrected chi connectivity index (χ4v) is 5.00. The lowest BCUT2D eigenvalue weighted by Gasteiger charge is -2.19. The van der Waals surface area contributed by atoms with Crippen LogP contribution in [-0.2, 0) is 10.2 Å². The zero-order valence-corrected chi connectivity index (χ0v) is 15.7. The summed E-state index contributed by atoms with van der Waals surface area (Å²) in [5.74, 6) is 0. The number of hydrogen-bond acceptors (Lipinski definition) is 3. The lowest BCUT2D eigenvalue weighted by molar-refractivity contribution is 0.468. The van der Waals surface area contributed by atoms with Crippen LogP contribution in [0.4, 0.5) is 5.69 Å². The standard InChI is InChI=1S/C10H14Br3N3O2S/c1-16(4-2-3-14)19(17,18)15-10-8(12)5-7(11)6-9(10)13/h5-6,15H,2-4,14H2,1H3. The Balaban J connectivity index is 2.96. The highest BCUT2D eigenvalue weighted by atomic mass is 79.9. The van der Waals surface area contributed by atoms with Crippen LogP contribution in [0.2, 0.25) is 0 Å². The van der Waals surface area contributed by atoms with Gasteiger partial charge in [0.05, 0.1) is 5.69 Å². The molecule has 0 spiro atoms. The summed E-state index contributed by atoms with van der Waals surface area (Å²) < 4.78 is 30.1. The summed E-state index contributed by atoms with van der Waals surface area (Å²) >= 11 is 9.98. The van der Waals surface area contributed by atoms with Crippen LogP contribution < -0.4 is 10.5 Å². The Morgan fingerprint density at radius 2 is 1.79 bits per heavy atom. The third-order valence-corrected chi connectivity index (χ3v) is 5.50. The average molecular weight is 480 g/mol. The first-order chi connectivity index (χ1) is 8.77. The molecule has 1 aromatic carbocycles. The summed E-state index contributed by atoms with van der Waals surface area (Å²) in [6, 6.07) is 3.53. The van der Waals surface area contributed by atoms with Gasteiger partial charge in [0.2, 0.25) is 0 Å². The molecule has 0 heterocycles. The minimum Gasteiger partial charge on any atom is -0.330 e. The van der Waals surface area contributed by atoms with Crippen molar-refractivity contribution in [3.8, 4) is 0 Å². The summed E-state index contributed by atoms with van der Waals surface area (Å²) in [7, 11) is -2.08. The van der Waals surface area contributed by atoms with Crippen LogP contribution >= 0.6 is 47.8 Å². The summed E-state index contributed by atoms with van der Waals surface area (Å²) in [6.45, 7) is 0.823. The number of nitrogens with zero attached hydrogens (tertiary/aromatic N) is 1. The largest absolute Gasteiger partial charge is 0.330 e. The quantitative estimate of drug-likeness (QED) is 0.658. The Labute approximate surface area is 138 Å². The monoisotopic (exact) mass is 477 g/mol. The SMILES string of the molecule is CN(CCCN)S(=O)(=O)Nc1c(Br)cc(Br)cc1Br. The van der Waals surface area contributed by atoms with Crippen molar-refractivity contribution in [3.05, 3.63) is 25.6 Å². The lowest BCUT2D eigenvalue weighted by atomic mass is 10.3. The highest BCUT2D eigenvalue weighted by Crippen LogP contribution is 2.35. The van der Waals surface area contributed by atoms with Gasteiger partial charge in [-0.25, -0.2) is 0 Å². The molecule has 0 fully saturated rings. The second-order valence-corrected chi connectivity index (χ2v) is 8.22. The molecule has 108 valence electrons. The summed E-state index contributed by atoms with van der Waals surface area (Å²) in [6.07, 6.45) is 0.611. The number of anilines is 1. The van der Waals surface area contributed by atoms with Crippen LogP contribution in [-0.4, -0.2) is 32.9 Å². The molecule has 19 heavy (non-hydrogen) atoms. The highest BCUT2D eigenvalue weighted by molar-refractivity contribution is 9.11. The van der Waals surface area contributed by atoms with E-state index in [1.165, 1.54) is 11.4 Å². The topological polar surface area (TPSA) is 75.4 Å². The fraction of sp³-hybridized carbons (Fsp3) is 0.400. The fourth-order valence-electron chi connectivity index (χ4n) is 1.28. The van der Waals surface area contributed by atoms with Crippen LogP contribution in [0.15, 0.2) is 25.6 Å². The predicted octanol–water partition coefficient (Wildman–Crippen LogP) is 2.91. The molecule has 0 amide bonds. The summed E-state index contributed by atoms with van der Waals surface area (Å²) in [5.41, 5.74) is 5.84. The molecule has 0 unspecified atom stereocenters. The zero-order valence-electron chi connectivity index (χ0n) is 10.2. The smallest absolute Gasteiger partial charge is 0.301 e. The Hall–Kier alpha value is 0.330. The molecule has 0 aliphatic heterocycles. The van der Waals surface area contributed by atoms with Crippen molar-refractivity contribution in [1.82, 2.24) is 4.31 Å². The molecule has 3 N–H and O–H groups in total. The zero-order chi connectivity index (χ0) is 14.6. The molecule has 0 aliphatic rings. The van der Waals surface area contributed by atoms with E-state index in [4.69, 9.17) is 5.73 Å². The van der Waals surface area contributed by atoms with Crippen LogP contribution in [0.5, 0.6) is 0 Å². The van der Waals surface area contributed by atoms with Crippen molar-refractivity contribution in [2.24, 2.45) is 5.73 Å². The Kier molecular flexibility index (Phi) is 6.74. The Bertz CT molecular complexity index is 528. The first kappa shape index (κ1) is 17.4. The summed E-state index contributed by atoms with van der Waals surface area (Å²) in [4.78, 5) is 0. The molecule has 0 aromatic heterocycles. The van der Waals surface area contributed by atoms with Crippen molar-refractivity contribution in [2.45, 2.75) is 6.42 Å². The maximum atomic E-state index is 12.1. The van der Waals surface area contributed by atoms with Gasteiger partial charge in [-0.15, -0.1) is 0 Å². The summed E-state index contributed by atoms with van der Waals surface area (Å²) in [5, 5.41) is 0. The molecule has 0 saturated carbocycles. The maximum absolute atomic E-state index is 12.1. The van der Waals surface area contributed by atoms with Gasteiger partial charge in [0.25, 0.3) is 0 Å². The van der Waals surface area contributed by atoms with E-state index in [9.17, 15) is 8.42 Å². The molecule has 5 nitrogen and oxygen atoms in total. The number of halogens is 3. The van der Waals surface area contributed by atoms with Crippen molar-refractivity contribution in [3.63, 3.8) is 0 Å². The van der Waals surface area contributed by atoms with E-state index in [2.05, 4.69) is 52.5 Å². The van der Waals surface area contributed by atoms with E-state index in [1.54, 1.807) is 12.1 Å². The molecule has 0 aliphatic carbocycles. The normalized spacial score (nSPS) is 11.9. The predicted molar refractivity (Wildman–Crippen MR) is 88.4 cm³/mol. The van der Waals surface area contributed by atoms with Gasteiger partial charge in [-0.2, -0.15) is 12.7 Å². The molecule has 1 aromatic rings. The van der Waals surface area contributed by atoms with E-state index in [0.717, 1.165) is 4.47 Å². The molecule has 0 radical (unpaired) electrons. The lowest BCUT2D eigenvalue weighted by Crippen LogP contribution is -2.34. The molecule has 9 heteroatoms. The second kappa shape index (κ2) is 7.37. The van der Waals surface area contributed by atoms with Gasteiger partial charge >= 0.3 is 10.2 Å². The minimum absolute atomic E-state index is 0.373. The van der Waals surface area contributed by atoms with Crippen LogP contribution in [0, 0.1) is 0 Å². The van der Waals surface area contributed by atoms with Crippen LogP contribution in [0.25, 0.3) is 0 Å². The van der Waals surface area contributed by atoms with Gasteiger partial charge in [0.15, 0.2) is 0 Å². The Morgan fingerprint density at radius 1 is 1.26 bits per heavy atom. The van der Waals surface area contributed by atoms with E-state index in [0.29, 0.717) is 34.1 Å².